The smallest absolute Gasteiger partial charge is 0.147 e. The molecule has 4 N–H and O–H groups in total. The van der Waals surface area contributed by atoms with Gasteiger partial charge in [0.15, 0.2) is 0 Å². The highest BCUT2D eigenvalue weighted by molar-refractivity contribution is 5.64. The summed E-state index contributed by atoms with van der Waals surface area (Å²) in [7, 11) is 1.86. The Bertz CT molecular complexity index is 319. The number of nitrogens with two attached hydrogens (primary N) is 1. The minimum Gasteiger partial charge on any atom is -0.394 e. The van der Waals surface area contributed by atoms with Gasteiger partial charge in [-0.1, -0.05) is 0 Å². The second kappa shape index (κ2) is 5.02. The highest BCUT2D eigenvalue weighted by Gasteiger charge is 2.08. The van der Waals surface area contributed by atoms with Gasteiger partial charge in [0, 0.05) is 13.6 Å². The summed E-state index contributed by atoms with van der Waals surface area (Å²) < 4.78 is 1.74. The number of rotatable bonds is 5. The molecular formula is C10H20N4O. The zero-order valence-corrected chi connectivity index (χ0v) is 9.62. The monoisotopic (exact) mass is 212 g/mol. The van der Waals surface area contributed by atoms with E-state index in [2.05, 4.69) is 10.4 Å². The van der Waals surface area contributed by atoms with Crippen LogP contribution in [0.4, 0.5) is 11.5 Å². The van der Waals surface area contributed by atoms with E-state index in [0.29, 0.717) is 5.69 Å². The Morgan fingerprint density at radius 3 is 2.73 bits per heavy atom. The third-order valence-electron chi connectivity index (χ3n) is 2.36. The molecule has 15 heavy (non-hydrogen) atoms. The van der Waals surface area contributed by atoms with Crippen LogP contribution in [0.2, 0.25) is 0 Å². The van der Waals surface area contributed by atoms with Gasteiger partial charge in [-0.25, -0.2) is 0 Å². The van der Waals surface area contributed by atoms with Crippen molar-refractivity contribution in [3.63, 3.8) is 0 Å². The van der Waals surface area contributed by atoms with Crippen LogP contribution in [0.1, 0.15) is 25.5 Å². The van der Waals surface area contributed by atoms with E-state index in [4.69, 9.17) is 10.8 Å². The zero-order chi connectivity index (χ0) is 11.4. The normalized spacial score (nSPS) is 12.8. The molecule has 0 saturated heterocycles. The summed E-state index contributed by atoms with van der Waals surface area (Å²) in [4.78, 5) is 0. The number of nitrogen functional groups attached to an aromatic ring is 1. The Hall–Kier alpha value is -1.23. The summed E-state index contributed by atoms with van der Waals surface area (Å²) in [6.07, 6.45) is 1.47. The van der Waals surface area contributed by atoms with Gasteiger partial charge < -0.3 is 16.2 Å². The van der Waals surface area contributed by atoms with Gasteiger partial charge in [0.05, 0.1) is 17.5 Å². The molecule has 1 aromatic heterocycles. The van der Waals surface area contributed by atoms with Gasteiger partial charge in [-0.2, -0.15) is 5.10 Å². The number of anilines is 2. The van der Waals surface area contributed by atoms with E-state index in [0.717, 1.165) is 30.9 Å². The number of aliphatic hydroxyl groups is 1. The number of hydrogen-bond donors (Lipinski definition) is 3. The Kier molecular flexibility index (Phi) is 3.96. The molecule has 86 valence electrons. The molecule has 5 nitrogen and oxygen atoms in total. The Morgan fingerprint density at radius 2 is 2.27 bits per heavy atom. The molecule has 1 aromatic rings. The molecule has 0 saturated carbocycles. The first kappa shape index (κ1) is 11.8. The van der Waals surface area contributed by atoms with E-state index in [9.17, 15) is 0 Å². The average molecular weight is 212 g/mol. The predicted octanol–water partition coefficient (Wildman–Crippen LogP) is 0.884. The lowest BCUT2D eigenvalue weighted by molar-refractivity contribution is 0.183. The average Bonchev–Trinajstić information content (AvgIpc) is 2.37. The number of nitrogens with zero attached hydrogens (tertiary/aromatic N) is 2. The number of aromatic nitrogens is 2. The summed E-state index contributed by atoms with van der Waals surface area (Å²) >= 11 is 0. The van der Waals surface area contributed by atoms with Gasteiger partial charge in [0.25, 0.3) is 0 Å². The fourth-order valence-corrected chi connectivity index (χ4v) is 1.49. The largest absolute Gasteiger partial charge is 0.394 e. The van der Waals surface area contributed by atoms with Crippen LogP contribution < -0.4 is 11.1 Å². The minimum atomic E-state index is -0.238. The van der Waals surface area contributed by atoms with Gasteiger partial charge in [-0.3, -0.25) is 4.68 Å². The zero-order valence-electron chi connectivity index (χ0n) is 9.62. The quantitative estimate of drug-likeness (QED) is 0.633. The summed E-state index contributed by atoms with van der Waals surface area (Å²) in [5.41, 5.74) is 7.40. The molecule has 1 unspecified atom stereocenters. The van der Waals surface area contributed by atoms with Crippen molar-refractivity contribution in [3.8, 4) is 0 Å². The van der Waals surface area contributed by atoms with Gasteiger partial charge in [0.1, 0.15) is 5.82 Å². The highest BCUT2D eigenvalue weighted by Crippen LogP contribution is 2.20. The Morgan fingerprint density at radius 1 is 1.60 bits per heavy atom. The fourth-order valence-electron chi connectivity index (χ4n) is 1.49. The summed E-state index contributed by atoms with van der Waals surface area (Å²) in [5, 5.41) is 16.5. The number of aryl methyl sites for hydroxylation is 2. The first-order valence-electron chi connectivity index (χ1n) is 5.23. The highest BCUT2D eigenvalue weighted by atomic mass is 16.3. The molecule has 0 amide bonds. The van der Waals surface area contributed by atoms with Crippen molar-refractivity contribution in [2.45, 2.75) is 32.8 Å². The lowest BCUT2D eigenvalue weighted by Gasteiger charge is -2.08. The molecular weight excluding hydrogens is 192 g/mol. The topological polar surface area (TPSA) is 76.1 Å². The summed E-state index contributed by atoms with van der Waals surface area (Å²) in [5.74, 6) is 0.859. The maximum atomic E-state index is 9.09. The van der Waals surface area contributed by atoms with Crippen LogP contribution in [-0.2, 0) is 7.05 Å². The molecule has 0 aromatic carbocycles. The molecule has 0 aliphatic heterocycles. The van der Waals surface area contributed by atoms with E-state index in [1.54, 1.807) is 11.6 Å². The molecule has 0 bridgehead atoms. The van der Waals surface area contributed by atoms with E-state index in [1.807, 2.05) is 14.0 Å². The van der Waals surface area contributed by atoms with Crippen molar-refractivity contribution in [3.05, 3.63) is 5.69 Å². The number of hydrogen-bond acceptors (Lipinski definition) is 4. The Labute approximate surface area is 90.3 Å². The van der Waals surface area contributed by atoms with E-state index in [-0.39, 0.29) is 6.10 Å². The van der Waals surface area contributed by atoms with Crippen LogP contribution >= 0.6 is 0 Å². The molecule has 1 rings (SSSR count). The van der Waals surface area contributed by atoms with Crippen molar-refractivity contribution in [2.75, 3.05) is 17.6 Å². The number of aliphatic hydroxyl groups excluding tert-OH is 1. The SMILES string of the molecule is Cc1nn(C)c(NCCCC(C)O)c1N. The van der Waals surface area contributed by atoms with Crippen molar-refractivity contribution >= 4 is 11.5 Å². The molecule has 0 radical (unpaired) electrons. The van der Waals surface area contributed by atoms with Gasteiger partial charge in [-0.05, 0) is 26.7 Å². The van der Waals surface area contributed by atoms with Crippen molar-refractivity contribution in [2.24, 2.45) is 7.05 Å². The van der Waals surface area contributed by atoms with Crippen LogP contribution in [0.15, 0.2) is 0 Å². The second-order valence-corrected chi connectivity index (χ2v) is 3.89. The molecule has 0 spiro atoms. The predicted molar refractivity (Wildman–Crippen MR) is 61.8 cm³/mol. The summed E-state index contributed by atoms with van der Waals surface area (Å²) in [6.45, 7) is 4.48. The molecule has 0 aliphatic rings. The van der Waals surface area contributed by atoms with E-state index < -0.39 is 0 Å². The molecule has 0 aliphatic carbocycles. The number of nitrogens with one attached hydrogen (secondary N) is 1. The molecule has 0 fully saturated rings. The fraction of sp³-hybridized carbons (Fsp3) is 0.700. The van der Waals surface area contributed by atoms with Crippen LogP contribution in [0.25, 0.3) is 0 Å². The van der Waals surface area contributed by atoms with Gasteiger partial charge in [-0.15, -0.1) is 0 Å². The van der Waals surface area contributed by atoms with E-state index in [1.165, 1.54) is 0 Å². The third-order valence-corrected chi connectivity index (χ3v) is 2.36. The summed E-state index contributed by atoms with van der Waals surface area (Å²) in [6, 6.07) is 0. The first-order valence-corrected chi connectivity index (χ1v) is 5.23. The molecule has 1 heterocycles. The van der Waals surface area contributed by atoms with Crippen LogP contribution in [0, 0.1) is 6.92 Å². The third kappa shape index (κ3) is 3.13. The Balaban J connectivity index is 2.44. The molecule has 5 heteroatoms. The molecule has 1 atom stereocenters. The first-order chi connectivity index (χ1) is 7.02. The van der Waals surface area contributed by atoms with Gasteiger partial charge >= 0.3 is 0 Å². The lowest BCUT2D eigenvalue weighted by atomic mass is 10.2. The van der Waals surface area contributed by atoms with Crippen molar-refractivity contribution in [1.82, 2.24) is 9.78 Å². The van der Waals surface area contributed by atoms with Crippen molar-refractivity contribution in [1.29, 1.82) is 0 Å². The van der Waals surface area contributed by atoms with Crippen molar-refractivity contribution < 1.29 is 5.11 Å². The van der Waals surface area contributed by atoms with Crippen LogP contribution in [0.3, 0.4) is 0 Å². The van der Waals surface area contributed by atoms with E-state index >= 15 is 0 Å². The van der Waals surface area contributed by atoms with Gasteiger partial charge in [0.2, 0.25) is 0 Å². The lowest BCUT2D eigenvalue weighted by Crippen LogP contribution is -2.10. The van der Waals surface area contributed by atoms with Crippen LogP contribution in [-0.4, -0.2) is 27.5 Å². The van der Waals surface area contributed by atoms with Crippen LogP contribution in [0.5, 0.6) is 0 Å². The maximum Gasteiger partial charge on any atom is 0.147 e. The minimum absolute atomic E-state index is 0.238. The maximum absolute atomic E-state index is 9.09. The standard InChI is InChI=1S/C10H20N4O/c1-7(15)5-4-6-12-10-9(11)8(2)13-14(10)3/h7,12,15H,4-6,11H2,1-3H3. The second-order valence-electron chi connectivity index (χ2n) is 3.89.